The van der Waals surface area contributed by atoms with Crippen LogP contribution in [0.15, 0.2) is 53.7 Å². The first-order chi connectivity index (χ1) is 10.7. The molecule has 0 radical (unpaired) electrons. The number of nitrogens with zero attached hydrogens (tertiary/aromatic N) is 2. The molecule has 0 aliphatic carbocycles. The normalized spacial score (nSPS) is 10.3. The molecular formula is C17H21N3OS. The van der Waals surface area contributed by atoms with Gasteiger partial charge in [0.15, 0.2) is 0 Å². The second-order valence-corrected chi connectivity index (χ2v) is 5.76. The van der Waals surface area contributed by atoms with E-state index in [4.69, 9.17) is 0 Å². The van der Waals surface area contributed by atoms with Gasteiger partial charge in [-0.15, -0.1) is 11.8 Å². The molecule has 2 amide bonds. The first-order valence-corrected chi connectivity index (χ1v) is 8.40. The molecule has 2 rings (SSSR count). The molecule has 0 aliphatic heterocycles. The lowest BCUT2D eigenvalue weighted by Crippen LogP contribution is -2.34. The number of carbonyl (C=O) groups excluding carboxylic acids is 1. The Kier molecular flexibility index (Phi) is 6.27. The van der Waals surface area contributed by atoms with Crippen LogP contribution in [0.25, 0.3) is 0 Å². The molecule has 0 spiro atoms. The van der Waals surface area contributed by atoms with Gasteiger partial charge < -0.3 is 10.2 Å². The van der Waals surface area contributed by atoms with Gasteiger partial charge in [-0.2, -0.15) is 0 Å². The summed E-state index contributed by atoms with van der Waals surface area (Å²) in [6.07, 6.45) is 1.79. The summed E-state index contributed by atoms with van der Waals surface area (Å²) in [6.45, 7) is 5.36. The van der Waals surface area contributed by atoms with E-state index in [0.717, 1.165) is 22.0 Å². The number of benzene rings is 1. The molecule has 1 aromatic carbocycles. The van der Waals surface area contributed by atoms with Crippen molar-refractivity contribution in [3.8, 4) is 0 Å². The number of amides is 2. The fourth-order valence-corrected chi connectivity index (χ4v) is 2.85. The van der Waals surface area contributed by atoms with Crippen molar-refractivity contribution in [1.82, 2.24) is 9.88 Å². The van der Waals surface area contributed by atoms with E-state index in [9.17, 15) is 4.79 Å². The number of carbonyl (C=O) groups is 1. The molecule has 1 heterocycles. The van der Waals surface area contributed by atoms with Crippen LogP contribution in [-0.2, 0) is 5.75 Å². The molecule has 0 saturated heterocycles. The molecule has 4 nitrogen and oxygen atoms in total. The summed E-state index contributed by atoms with van der Waals surface area (Å²) in [5, 5.41) is 3.94. The van der Waals surface area contributed by atoms with Crippen molar-refractivity contribution in [2.45, 2.75) is 24.6 Å². The van der Waals surface area contributed by atoms with Gasteiger partial charge in [0, 0.05) is 30.7 Å². The lowest BCUT2D eigenvalue weighted by atomic mass is 10.2. The Bertz CT molecular complexity index is 600. The van der Waals surface area contributed by atoms with E-state index in [0.29, 0.717) is 13.1 Å². The quantitative estimate of drug-likeness (QED) is 0.811. The van der Waals surface area contributed by atoms with E-state index in [2.05, 4.69) is 16.4 Å². The molecule has 0 bridgehead atoms. The van der Waals surface area contributed by atoms with Crippen molar-refractivity contribution in [3.05, 3.63) is 54.2 Å². The van der Waals surface area contributed by atoms with Crippen LogP contribution in [0.4, 0.5) is 10.5 Å². The van der Waals surface area contributed by atoms with Crippen LogP contribution >= 0.6 is 11.8 Å². The summed E-state index contributed by atoms with van der Waals surface area (Å²) < 4.78 is 0. The highest BCUT2D eigenvalue weighted by atomic mass is 32.2. The Morgan fingerprint density at radius 2 is 2.00 bits per heavy atom. The third-order valence-corrected chi connectivity index (χ3v) is 4.27. The highest BCUT2D eigenvalue weighted by molar-refractivity contribution is 7.98. The van der Waals surface area contributed by atoms with Gasteiger partial charge in [-0.05, 0) is 43.7 Å². The molecule has 116 valence electrons. The van der Waals surface area contributed by atoms with E-state index in [1.165, 1.54) is 0 Å². The van der Waals surface area contributed by atoms with Crippen molar-refractivity contribution < 1.29 is 4.79 Å². The summed E-state index contributed by atoms with van der Waals surface area (Å²) in [5.41, 5.74) is 1.99. The summed E-state index contributed by atoms with van der Waals surface area (Å²) in [7, 11) is 0. The van der Waals surface area contributed by atoms with Gasteiger partial charge in [0.1, 0.15) is 0 Å². The number of hydrogen-bond donors (Lipinski definition) is 1. The minimum Gasteiger partial charge on any atom is -0.325 e. The number of pyridine rings is 1. The monoisotopic (exact) mass is 315 g/mol. The minimum absolute atomic E-state index is 0.0560. The molecule has 2 aromatic rings. The van der Waals surface area contributed by atoms with Crippen LogP contribution in [0.3, 0.4) is 0 Å². The lowest BCUT2D eigenvalue weighted by molar-refractivity contribution is 0.217. The van der Waals surface area contributed by atoms with Gasteiger partial charge in [0.2, 0.25) is 0 Å². The van der Waals surface area contributed by atoms with Gasteiger partial charge in [-0.25, -0.2) is 9.78 Å². The Hall–Kier alpha value is -2.01. The van der Waals surface area contributed by atoms with Crippen molar-refractivity contribution >= 4 is 23.5 Å². The van der Waals surface area contributed by atoms with Crippen molar-refractivity contribution in [2.24, 2.45) is 0 Å². The fourth-order valence-electron chi connectivity index (χ4n) is 2.04. The fraction of sp³-hybridized carbons (Fsp3) is 0.294. The predicted molar refractivity (Wildman–Crippen MR) is 92.2 cm³/mol. The lowest BCUT2D eigenvalue weighted by Gasteiger charge is -2.19. The average molecular weight is 315 g/mol. The molecule has 22 heavy (non-hydrogen) atoms. The molecule has 0 aliphatic rings. The smallest absolute Gasteiger partial charge is 0.321 e. The highest BCUT2D eigenvalue weighted by Gasteiger charge is 2.09. The highest BCUT2D eigenvalue weighted by Crippen LogP contribution is 2.22. The van der Waals surface area contributed by atoms with E-state index in [1.54, 1.807) is 22.9 Å². The molecule has 1 aromatic heterocycles. The van der Waals surface area contributed by atoms with Crippen LogP contribution in [-0.4, -0.2) is 29.0 Å². The first-order valence-electron chi connectivity index (χ1n) is 7.41. The minimum atomic E-state index is -0.0560. The van der Waals surface area contributed by atoms with Crippen LogP contribution in [0.5, 0.6) is 0 Å². The molecular weight excluding hydrogens is 294 g/mol. The van der Waals surface area contributed by atoms with Crippen LogP contribution in [0.2, 0.25) is 0 Å². The van der Waals surface area contributed by atoms with Crippen molar-refractivity contribution in [3.63, 3.8) is 0 Å². The first kappa shape index (κ1) is 16.4. The number of nitrogens with one attached hydrogen (secondary N) is 1. The topological polar surface area (TPSA) is 45.2 Å². The number of thioether (sulfide) groups is 1. The average Bonchev–Trinajstić information content (AvgIpc) is 2.55. The van der Waals surface area contributed by atoms with Crippen molar-refractivity contribution in [2.75, 3.05) is 18.4 Å². The predicted octanol–water partition coefficient (Wildman–Crippen LogP) is 4.25. The molecule has 0 fully saturated rings. The van der Waals surface area contributed by atoms with Gasteiger partial charge in [0.25, 0.3) is 0 Å². The van der Waals surface area contributed by atoms with Crippen LogP contribution in [0.1, 0.15) is 19.4 Å². The Morgan fingerprint density at radius 1 is 1.18 bits per heavy atom. The second-order valence-electron chi connectivity index (χ2n) is 4.76. The standard InChI is InChI=1S/C17H21N3OS/c1-3-20(4-2)17(21)19-15-9-7-8-14(12-15)13-22-16-10-5-6-11-18-16/h5-12H,3-4,13H2,1-2H3,(H,19,21). The number of rotatable bonds is 6. The Labute approximate surface area is 135 Å². The van der Waals surface area contributed by atoms with Crippen LogP contribution < -0.4 is 5.32 Å². The second kappa shape index (κ2) is 8.44. The van der Waals surface area contributed by atoms with Gasteiger partial charge in [0.05, 0.1) is 5.03 Å². The van der Waals surface area contributed by atoms with E-state index >= 15 is 0 Å². The Morgan fingerprint density at radius 3 is 2.68 bits per heavy atom. The third kappa shape index (κ3) is 4.77. The zero-order chi connectivity index (χ0) is 15.8. The van der Waals surface area contributed by atoms with Crippen molar-refractivity contribution in [1.29, 1.82) is 0 Å². The zero-order valence-corrected chi connectivity index (χ0v) is 13.8. The Balaban J connectivity index is 1.96. The maximum Gasteiger partial charge on any atom is 0.321 e. The summed E-state index contributed by atoms with van der Waals surface area (Å²) >= 11 is 1.68. The number of hydrogen-bond acceptors (Lipinski definition) is 3. The maximum absolute atomic E-state index is 12.1. The summed E-state index contributed by atoms with van der Waals surface area (Å²) in [5.74, 6) is 0.825. The maximum atomic E-state index is 12.1. The molecule has 0 unspecified atom stereocenters. The SMILES string of the molecule is CCN(CC)C(=O)Nc1cccc(CSc2ccccn2)c1. The van der Waals surface area contributed by atoms with Crippen LogP contribution in [0, 0.1) is 0 Å². The van der Waals surface area contributed by atoms with E-state index in [1.807, 2.05) is 50.2 Å². The van der Waals surface area contributed by atoms with E-state index < -0.39 is 0 Å². The molecule has 0 atom stereocenters. The van der Waals surface area contributed by atoms with Gasteiger partial charge in [-0.3, -0.25) is 0 Å². The molecule has 1 N–H and O–H groups in total. The van der Waals surface area contributed by atoms with E-state index in [-0.39, 0.29) is 6.03 Å². The summed E-state index contributed by atoms with van der Waals surface area (Å²) in [6, 6.07) is 13.8. The number of aromatic nitrogens is 1. The summed E-state index contributed by atoms with van der Waals surface area (Å²) in [4.78, 5) is 18.1. The third-order valence-electron chi connectivity index (χ3n) is 3.25. The zero-order valence-electron chi connectivity index (χ0n) is 13.0. The molecule has 0 saturated carbocycles. The van der Waals surface area contributed by atoms with Gasteiger partial charge >= 0.3 is 6.03 Å². The molecule has 5 heteroatoms. The number of urea groups is 1. The van der Waals surface area contributed by atoms with Gasteiger partial charge in [-0.1, -0.05) is 18.2 Å². The largest absolute Gasteiger partial charge is 0.325 e. The number of anilines is 1.